The molecule has 34 heteroatoms. The minimum atomic E-state index is -0.611. The molecule has 1 aliphatic rings. The van der Waals surface area contributed by atoms with Gasteiger partial charge in [0, 0.05) is 108 Å². The van der Waals surface area contributed by atoms with Gasteiger partial charge < -0.3 is 108 Å². The zero-order valence-electron chi connectivity index (χ0n) is 57.1. The number of ether oxygens (including phenoxy) is 10. The number of carbonyl (C=O) groups is 8. The van der Waals surface area contributed by atoms with Crippen molar-refractivity contribution >= 4 is 76.1 Å². The fraction of sp³-hybridized carbons (Fsp3) is 0.448. The number of rotatable bonds is 45. The summed E-state index contributed by atoms with van der Waals surface area (Å²) < 4.78 is 61.3. The number of benzene rings is 2. The van der Waals surface area contributed by atoms with Gasteiger partial charge in [0.15, 0.2) is 17.5 Å². The summed E-state index contributed by atoms with van der Waals surface area (Å²) in [6, 6.07) is 17.6. The molecule has 0 bridgehead atoms. The number of nitrogens with zero attached hydrogens (tertiary/aromatic N) is 7. The van der Waals surface area contributed by atoms with Crippen LogP contribution in [0.15, 0.2) is 97.8 Å². The third-order valence-corrected chi connectivity index (χ3v) is 15.2. The Hall–Kier alpha value is -10.3. The van der Waals surface area contributed by atoms with Gasteiger partial charge in [0.25, 0.3) is 29.5 Å². The second kappa shape index (κ2) is 40.7. The Morgan fingerprint density at radius 1 is 0.525 bits per heavy atom. The van der Waals surface area contributed by atoms with E-state index in [-0.39, 0.29) is 85.2 Å². The monoisotopic (exact) mass is 1400 g/mol. The van der Waals surface area contributed by atoms with Crippen LogP contribution in [-0.4, -0.2) is 217 Å². The van der Waals surface area contributed by atoms with Gasteiger partial charge in [-0.15, -0.1) is 0 Å². The second-order valence-electron chi connectivity index (χ2n) is 22.9. The number of anilines is 5. The van der Waals surface area contributed by atoms with Crippen LogP contribution in [-0.2, 0) is 87.0 Å². The van der Waals surface area contributed by atoms with Crippen LogP contribution in [0.4, 0.5) is 33.5 Å². The first kappa shape index (κ1) is 76.4. The zero-order chi connectivity index (χ0) is 71.7. The SMILES string of the molecule is Cc1c(NC(=O)c2nc(NC(=O)CCNC(=O)c3cc(NC(=O)c4nccn4C)cn3C)cn2C)c[nH]c1C(=O)NC1CC(C(=O)Nc2cn(C)c(C(=O)NCCOCCOCCOCCOCCOCCOCCOCCOCCOc3ccc(NC(=O)OCc4ccccc4)cc3)n2)C1. The number of nitrogens with one attached hydrogen (secondary N) is 9. The number of aromatic amines is 1. The molecule has 0 aliphatic heterocycles. The summed E-state index contributed by atoms with van der Waals surface area (Å²) in [6.07, 6.45) is 9.26. The minimum absolute atomic E-state index is 0.0182. The summed E-state index contributed by atoms with van der Waals surface area (Å²) in [5.74, 6) is -2.38. The van der Waals surface area contributed by atoms with E-state index in [1.54, 1.807) is 76.3 Å². The van der Waals surface area contributed by atoms with Crippen molar-refractivity contribution in [1.29, 1.82) is 0 Å². The van der Waals surface area contributed by atoms with Crippen LogP contribution >= 0.6 is 0 Å². The summed E-state index contributed by atoms with van der Waals surface area (Å²) in [4.78, 5) is 119. The molecule has 1 aliphatic carbocycles. The standard InChI is InChI=1S/C67H88N16O18/c1-45-52(75-66(90)60-77-54(42-83(60)5)76-56(84)15-16-69-62(86)53-39-50(41-81(53)3)73-65(89)58-68-17-19-80(58)2)40-71-57(45)63(87)72-49-37-47(38-49)61(85)79-55-43-82(4)59(78-55)64(88)70-18-20-92-21-22-93-23-24-94-25-26-95-27-28-96-29-30-97-31-32-98-33-34-99-35-36-100-51-13-11-48(12-14-51)74-67(91)101-44-46-9-7-6-8-10-46/h6-14,17,19,39-43,47,49,71H,15-16,18,20-38,44H2,1-5H3,(H,69,86)(H,70,88)(H,72,87)(H,73,89)(H,74,91)(H,75,90)(H,76,84)(H,79,85). The molecule has 544 valence electrons. The third kappa shape index (κ3) is 25.4. The Labute approximate surface area is 582 Å². The first-order valence-corrected chi connectivity index (χ1v) is 32.8. The predicted octanol–water partition coefficient (Wildman–Crippen LogP) is 3.96. The molecule has 5 aromatic heterocycles. The van der Waals surface area contributed by atoms with Crippen LogP contribution in [0.1, 0.15) is 83.2 Å². The molecule has 101 heavy (non-hydrogen) atoms. The van der Waals surface area contributed by atoms with Gasteiger partial charge in [-0.3, -0.25) is 38.9 Å². The molecule has 0 spiro atoms. The van der Waals surface area contributed by atoms with Crippen LogP contribution in [0.2, 0.25) is 0 Å². The summed E-state index contributed by atoms with van der Waals surface area (Å²) in [6.45, 7) is 8.72. The third-order valence-electron chi connectivity index (χ3n) is 15.2. The number of hydrogen-bond donors (Lipinski definition) is 9. The Balaban J connectivity index is 0.564. The van der Waals surface area contributed by atoms with Gasteiger partial charge in [-0.1, -0.05) is 30.3 Å². The fourth-order valence-corrected chi connectivity index (χ4v) is 9.85. The summed E-state index contributed by atoms with van der Waals surface area (Å²) in [7, 11) is 6.54. The van der Waals surface area contributed by atoms with Crippen LogP contribution in [0.5, 0.6) is 5.75 Å². The number of aromatic nitrogens is 8. The molecule has 5 heterocycles. The van der Waals surface area contributed by atoms with E-state index in [0.29, 0.717) is 147 Å². The van der Waals surface area contributed by atoms with Crippen molar-refractivity contribution in [1.82, 2.24) is 54.2 Å². The Bertz CT molecular complexity index is 3800. The summed E-state index contributed by atoms with van der Waals surface area (Å²) in [5, 5.41) is 21.9. The highest BCUT2D eigenvalue weighted by Gasteiger charge is 2.36. The minimum Gasteiger partial charge on any atom is -0.491 e. The van der Waals surface area contributed by atoms with Gasteiger partial charge in [-0.2, -0.15) is 0 Å². The Morgan fingerprint density at radius 3 is 1.65 bits per heavy atom. The highest BCUT2D eigenvalue weighted by Crippen LogP contribution is 2.30. The molecule has 8 rings (SSSR count). The second-order valence-corrected chi connectivity index (χ2v) is 22.9. The molecule has 1 fully saturated rings. The molecule has 8 amide bonds. The van der Waals surface area contributed by atoms with Gasteiger partial charge in [0.05, 0.1) is 117 Å². The van der Waals surface area contributed by atoms with Crippen molar-refractivity contribution in [3.05, 3.63) is 138 Å². The average molecular weight is 1410 g/mol. The maximum Gasteiger partial charge on any atom is 0.411 e. The van der Waals surface area contributed by atoms with E-state index in [0.717, 1.165) is 5.56 Å². The van der Waals surface area contributed by atoms with Crippen molar-refractivity contribution in [3.8, 4) is 5.75 Å². The van der Waals surface area contributed by atoms with Gasteiger partial charge in [-0.05, 0) is 55.7 Å². The Morgan fingerprint density at radius 2 is 1.07 bits per heavy atom. The first-order valence-electron chi connectivity index (χ1n) is 32.8. The van der Waals surface area contributed by atoms with Crippen molar-refractivity contribution in [2.45, 2.75) is 38.8 Å². The molecule has 1 saturated carbocycles. The van der Waals surface area contributed by atoms with E-state index in [2.05, 4.69) is 62.5 Å². The average Bonchev–Trinajstić information content (AvgIpc) is 1.72. The van der Waals surface area contributed by atoms with Gasteiger partial charge >= 0.3 is 6.09 Å². The maximum atomic E-state index is 13.4. The molecule has 0 radical (unpaired) electrons. The number of imidazole rings is 3. The molecule has 34 nitrogen and oxygen atoms in total. The summed E-state index contributed by atoms with van der Waals surface area (Å²) in [5.41, 5.74) is 3.13. The first-order chi connectivity index (χ1) is 49.0. The van der Waals surface area contributed by atoms with E-state index < -0.39 is 47.5 Å². The van der Waals surface area contributed by atoms with Crippen LogP contribution < -0.4 is 47.3 Å². The quantitative estimate of drug-likeness (QED) is 0.0244. The lowest BCUT2D eigenvalue weighted by atomic mass is 9.79. The number of aryl methyl sites for hydroxylation is 4. The largest absolute Gasteiger partial charge is 0.491 e. The van der Waals surface area contributed by atoms with Crippen LogP contribution in [0.3, 0.4) is 0 Å². The highest BCUT2D eigenvalue weighted by atomic mass is 16.6. The van der Waals surface area contributed by atoms with E-state index >= 15 is 0 Å². The van der Waals surface area contributed by atoms with E-state index in [1.807, 2.05) is 30.3 Å². The lowest BCUT2D eigenvalue weighted by molar-refractivity contribution is -0.123. The van der Waals surface area contributed by atoms with Crippen molar-refractivity contribution in [2.24, 2.45) is 34.1 Å². The van der Waals surface area contributed by atoms with Gasteiger partial charge in [0.2, 0.25) is 23.5 Å². The number of hydrogen-bond acceptors (Lipinski definition) is 21. The van der Waals surface area contributed by atoms with E-state index in [9.17, 15) is 38.4 Å². The molecule has 0 atom stereocenters. The highest BCUT2D eigenvalue weighted by molar-refractivity contribution is 6.05. The topological polar surface area (TPSA) is 399 Å². The fourth-order valence-electron chi connectivity index (χ4n) is 9.85. The van der Waals surface area contributed by atoms with E-state index in [1.165, 1.54) is 44.6 Å². The van der Waals surface area contributed by atoms with Gasteiger partial charge in [0.1, 0.15) is 30.4 Å². The van der Waals surface area contributed by atoms with Crippen LogP contribution in [0, 0.1) is 12.8 Å². The molecule has 7 aromatic rings. The molecular formula is C67H88N16O18. The van der Waals surface area contributed by atoms with Crippen LogP contribution in [0.25, 0.3) is 0 Å². The van der Waals surface area contributed by atoms with Crippen molar-refractivity contribution in [3.63, 3.8) is 0 Å². The van der Waals surface area contributed by atoms with Gasteiger partial charge in [-0.25, -0.2) is 19.7 Å². The molecule has 2 aromatic carbocycles. The lowest BCUT2D eigenvalue weighted by Gasteiger charge is -2.34. The maximum absolute atomic E-state index is 13.4. The smallest absolute Gasteiger partial charge is 0.411 e. The Kier molecular flexibility index (Phi) is 30.8. The zero-order valence-corrected chi connectivity index (χ0v) is 57.1. The molecule has 9 N–H and O–H groups in total. The summed E-state index contributed by atoms with van der Waals surface area (Å²) >= 11 is 0. The predicted molar refractivity (Wildman–Crippen MR) is 366 cm³/mol. The normalized spacial score (nSPS) is 13.2. The molecule has 0 saturated heterocycles. The molecular weight excluding hydrogens is 1320 g/mol. The molecule has 0 unspecified atom stereocenters. The number of amides is 8. The van der Waals surface area contributed by atoms with E-state index in [4.69, 9.17) is 47.4 Å². The number of carbonyl (C=O) groups excluding carboxylic acids is 8. The lowest BCUT2D eigenvalue weighted by Crippen LogP contribution is -2.48. The van der Waals surface area contributed by atoms with Crippen molar-refractivity contribution < 1.29 is 85.7 Å². The van der Waals surface area contributed by atoms with Crippen molar-refractivity contribution in [2.75, 3.05) is 152 Å². The number of H-pyrrole nitrogens is 1.